The van der Waals surface area contributed by atoms with Crippen LogP contribution >= 0.6 is 0 Å². The van der Waals surface area contributed by atoms with Gasteiger partial charge in [0.05, 0.1) is 35.6 Å². The smallest absolute Gasteiger partial charge is 0.307 e. The van der Waals surface area contributed by atoms with Gasteiger partial charge in [-0.25, -0.2) is 14.1 Å². The molecule has 2 aromatic heterocycles. The topological polar surface area (TPSA) is 183 Å². The number of esters is 1. The zero-order valence-corrected chi connectivity index (χ0v) is 37.9. The lowest BCUT2D eigenvalue weighted by atomic mass is 9.90. The van der Waals surface area contributed by atoms with Gasteiger partial charge in [-0.1, -0.05) is 38.8 Å². The number of aromatic nitrogens is 3. The van der Waals surface area contributed by atoms with Crippen molar-refractivity contribution in [3.05, 3.63) is 41.6 Å². The number of oxazole rings is 1. The summed E-state index contributed by atoms with van der Waals surface area (Å²) in [5.41, 5.74) is -0.508. The molecule has 2 aliphatic heterocycles. The van der Waals surface area contributed by atoms with Gasteiger partial charge >= 0.3 is 16.2 Å². The van der Waals surface area contributed by atoms with Crippen molar-refractivity contribution in [1.82, 2.24) is 28.5 Å². The Balaban J connectivity index is 1.38. The molecule has 0 spiro atoms. The number of halogens is 1. The van der Waals surface area contributed by atoms with Crippen LogP contribution in [-0.4, -0.2) is 94.1 Å². The molecule has 2 amide bonds. The molecule has 0 unspecified atom stereocenters. The number of imidazole rings is 1. The van der Waals surface area contributed by atoms with E-state index in [-0.39, 0.29) is 73.1 Å². The third kappa shape index (κ3) is 9.87. The molecule has 1 saturated heterocycles. The first-order valence-corrected chi connectivity index (χ1v) is 22.8. The highest BCUT2D eigenvalue weighted by Crippen LogP contribution is 2.57. The number of aryl methyl sites for hydroxylation is 1. The molecule has 4 heterocycles. The molecule has 15 nitrogen and oxygen atoms in total. The SMILES string of the molecule is Cc1oc(-c2c(F)ccc3c2nc(O[C@@H]2C[C@H]4C(=O)C[C@]5(C(=O)NS(=O)(=O)N(C)C)C[C@@H]5/C=C\CCCCC[C@H](CC(=O)OC(C)(C)C)C(=O)N4C2)n3C(C)C)nc1C(C)C. The van der Waals surface area contributed by atoms with Crippen LogP contribution in [0, 0.1) is 30.0 Å². The predicted molar refractivity (Wildman–Crippen MR) is 226 cm³/mol. The van der Waals surface area contributed by atoms with Gasteiger partial charge in [-0.15, -0.1) is 0 Å². The maximum Gasteiger partial charge on any atom is 0.307 e. The molecule has 1 N–H and O–H groups in total. The highest BCUT2D eigenvalue weighted by atomic mass is 32.2. The first kappa shape index (κ1) is 45.9. The molecule has 1 saturated carbocycles. The standard InChI is InChI=1S/C44H61FN6O9S/c1-25(2)37-27(5)58-39(46-37)36-31(45)18-19-32-38(36)47-42(51(32)26(3)4)59-30-21-33-34(52)23-44(41(55)48-61(56,57)49(9)10)22-29(44)17-15-13-11-12-14-16-28(40(54)50(33)24-30)20-35(53)60-43(6,7)8/h15,17-19,25-26,28-30,33H,11-14,16,20-24H2,1-10H3,(H,48,55)/b17-15-/t28-,29+,30-,33+,44-/m1/s1. The van der Waals surface area contributed by atoms with E-state index < -0.39 is 68.7 Å². The molecule has 3 aromatic rings. The monoisotopic (exact) mass is 868 g/mol. The van der Waals surface area contributed by atoms with Gasteiger partial charge in [0.15, 0.2) is 5.78 Å². The van der Waals surface area contributed by atoms with E-state index in [0.29, 0.717) is 36.2 Å². The Kier molecular flexibility index (Phi) is 13.3. The van der Waals surface area contributed by atoms with Crippen LogP contribution in [0.5, 0.6) is 6.01 Å². The van der Waals surface area contributed by atoms with Gasteiger partial charge in [-0.05, 0) is 91.2 Å². The molecule has 1 aromatic carbocycles. The number of amides is 2. The van der Waals surface area contributed by atoms with Crippen LogP contribution in [0.1, 0.15) is 130 Å². The van der Waals surface area contributed by atoms with Gasteiger partial charge in [-0.2, -0.15) is 17.7 Å². The molecule has 2 fully saturated rings. The van der Waals surface area contributed by atoms with Crippen molar-refractivity contribution in [3.63, 3.8) is 0 Å². The number of benzene rings is 1. The third-order valence-corrected chi connectivity index (χ3v) is 13.2. The first-order valence-electron chi connectivity index (χ1n) is 21.3. The van der Waals surface area contributed by atoms with Gasteiger partial charge in [0.25, 0.3) is 6.01 Å². The summed E-state index contributed by atoms with van der Waals surface area (Å²) in [6.07, 6.45) is 6.14. The number of Topliss-reactive ketones (excluding diaryl/α,β-unsaturated/α-hetero) is 1. The van der Waals surface area contributed by atoms with Gasteiger partial charge in [-0.3, -0.25) is 23.7 Å². The van der Waals surface area contributed by atoms with Crippen molar-refractivity contribution in [1.29, 1.82) is 0 Å². The Labute approximate surface area is 358 Å². The van der Waals surface area contributed by atoms with Crippen LogP contribution in [-0.2, 0) is 34.1 Å². The second kappa shape index (κ2) is 17.6. The van der Waals surface area contributed by atoms with Crippen LogP contribution in [0.25, 0.3) is 22.5 Å². The molecular formula is C44H61FN6O9S. The lowest BCUT2D eigenvalue weighted by molar-refractivity contribution is -0.159. The van der Waals surface area contributed by atoms with E-state index in [1.54, 1.807) is 33.8 Å². The average Bonchev–Trinajstić information content (AvgIpc) is 3.41. The maximum absolute atomic E-state index is 15.8. The third-order valence-electron chi connectivity index (χ3n) is 11.8. The molecule has 61 heavy (non-hydrogen) atoms. The summed E-state index contributed by atoms with van der Waals surface area (Å²) in [6.45, 7) is 14.8. The fourth-order valence-corrected chi connectivity index (χ4v) is 9.24. The molecule has 5 atom stereocenters. The summed E-state index contributed by atoms with van der Waals surface area (Å²) in [5.74, 6) is -3.22. The molecule has 0 bridgehead atoms. The lowest BCUT2D eigenvalue weighted by Gasteiger charge is -2.29. The molecular weight excluding hydrogens is 808 g/mol. The highest BCUT2D eigenvalue weighted by Gasteiger charge is 2.61. The number of hydrogen-bond donors (Lipinski definition) is 1. The highest BCUT2D eigenvalue weighted by molar-refractivity contribution is 7.87. The normalized spacial score (nSPS) is 24.7. The fraction of sp³-hybridized carbons (Fsp3) is 0.636. The van der Waals surface area contributed by atoms with Gasteiger partial charge in [0, 0.05) is 38.9 Å². The first-order chi connectivity index (χ1) is 28.5. The molecule has 17 heteroatoms. The Morgan fingerprint density at radius 3 is 2.46 bits per heavy atom. The lowest BCUT2D eigenvalue weighted by Crippen LogP contribution is -2.47. The summed E-state index contributed by atoms with van der Waals surface area (Å²) >= 11 is 0. The number of nitrogens with one attached hydrogen (secondary N) is 1. The molecule has 1 aliphatic carbocycles. The van der Waals surface area contributed by atoms with Crippen molar-refractivity contribution in [2.24, 2.45) is 17.3 Å². The Hall–Kier alpha value is -4.64. The zero-order valence-electron chi connectivity index (χ0n) is 37.0. The molecule has 6 rings (SSSR count). The van der Waals surface area contributed by atoms with Crippen molar-refractivity contribution >= 4 is 44.8 Å². The number of hydrogen-bond acceptors (Lipinski definition) is 11. The van der Waals surface area contributed by atoms with E-state index in [1.807, 2.05) is 44.4 Å². The number of allylic oxidation sites excluding steroid dienone is 2. The van der Waals surface area contributed by atoms with E-state index in [0.717, 1.165) is 17.1 Å². The fourth-order valence-electron chi connectivity index (χ4n) is 8.62. The number of fused-ring (bicyclic) bond motifs is 3. The van der Waals surface area contributed by atoms with E-state index in [9.17, 15) is 27.6 Å². The predicted octanol–water partition coefficient (Wildman–Crippen LogP) is 6.95. The Bertz CT molecular complexity index is 2310. The number of carbonyl (C=O) groups excluding carboxylic acids is 4. The van der Waals surface area contributed by atoms with Gasteiger partial charge in [0.2, 0.25) is 17.7 Å². The van der Waals surface area contributed by atoms with Crippen molar-refractivity contribution < 1.29 is 45.9 Å². The molecule has 3 aliphatic rings. The summed E-state index contributed by atoms with van der Waals surface area (Å²) in [4.78, 5) is 67.4. The van der Waals surface area contributed by atoms with Crippen LogP contribution < -0.4 is 9.46 Å². The second-order valence-corrected chi connectivity index (χ2v) is 20.5. The minimum absolute atomic E-state index is 0.0249. The summed E-state index contributed by atoms with van der Waals surface area (Å²) in [7, 11) is -1.56. The minimum atomic E-state index is -4.17. The van der Waals surface area contributed by atoms with Crippen molar-refractivity contribution in [2.75, 3.05) is 20.6 Å². The van der Waals surface area contributed by atoms with E-state index in [1.165, 1.54) is 25.1 Å². The van der Waals surface area contributed by atoms with Crippen LogP contribution in [0.15, 0.2) is 28.7 Å². The number of nitrogens with zero attached hydrogens (tertiary/aromatic N) is 5. The summed E-state index contributed by atoms with van der Waals surface area (Å²) in [6, 6.07) is 1.79. The zero-order chi connectivity index (χ0) is 44.8. The van der Waals surface area contributed by atoms with Crippen LogP contribution in [0.4, 0.5) is 4.39 Å². The minimum Gasteiger partial charge on any atom is -0.460 e. The number of carbonyl (C=O) groups is 4. The Morgan fingerprint density at radius 2 is 1.82 bits per heavy atom. The Morgan fingerprint density at radius 1 is 1.10 bits per heavy atom. The largest absolute Gasteiger partial charge is 0.460 e. The molecule has 334 valence electrons. The maximum atomic E-state index is 15.8. The van der Waals surface area contributed by atoms with Crippen molar-refractivity contribution in [2.45, 2.75) is 143 Å². The summed E-state index contributed by atoms with van der Waals surface area (Å²) in [5, 5.41) is 0. The van der Waals surface area contributed by atoms with E-state index in [2.05, 4.69) is 9.71 Å². The van der Waals surface area contributed by atoms with E-state index >= 15 is 4.39 Å². The molecule has 0 radical (unpaired) electrons. The van der Waals surface area contributed by atoms with Crippen molar-refractivity contribution in [3.8, 4) is 17.5 Å². The quantitative estimate of drug-likeness (QED) is 0.164. The van der Waals surface area contributed by atoms with E-state index in [4.69, 9.17) is 18.9 Å². The number of rotatable bonds is 10. The van der Waals surface area contributed by atoms with Crippen LogP contribution in [0.3, 0.4) is 0 Å². The summed E-state index contributed by atoms with van der Waals surface area (Å²) < 4.78 is 64.5. The average molecular weight is 869 g/mol. The van der Waals surface area contributed by atoms with Crippen LogP contribution in [0.2, 0.25) is 0 Å². The van der Waals surface area contributed by atoms with Gasteiger partial charge < -0.3 is 18.8 Å². The number of ether oxygens (including phenoxy) is 2. The number of ketones is 1. The second-order valence-electron chi connectivity index (χ2n) is 18.6. The van der Waals surface area contributed by atoms with Gasteiger partial charge in [0.1, 0.15) is 34.4 Å².